The zero-order chi connectivity index (χ0) is 22.8. The summed E-state index contributed by atoms with van der Waals surface area (Å²) in [6.45, 7) is 4.03. The molecular weight excluding hydrogens is 426 g/mol. The number of benzene rings is 2. The number of hydrogen-bond donors (Lipinski definition) is 1. The number of aryl methyl sites for hydroxylation is 1. The molecule has 1 aliphatic heterocycles. The Labute approximate surface area is 191 Å². The molecule has 32 heavy (non-hydrogen) atoms. The van der Waals surface area contributed by atoms with Gasteiger partial charge in [0.1, 0.15) is 6.04 Å². The van der Waals surface area contributed by atoms with Crippen LogP contribution in [0.4, 0.5) is 4.79 Å². The van der Waals surface area contributed by atoms with E-state index in [-0.39, 0.29) is 18.2 Å². The highest BCUT2D eigenvalue weighted by Crippen LogP contribution is 2.22. The number of nitrogens with one attached hydrogen (secondary N) is 1. The van der Waals surface area contributed by atoms with Crippen molar-refractivity contribution in [2.75, 3.05) is 6.54 Å². The number of nitrogens with zero attached hydrogens (tertiary/aromatic N) is 2. The van der Waals surface area contributed by atoms with Crippen LogP contribution in [0.1, 0.15) is 32.9 Å². The fourth-order valence-electron chi connectivity index (χ4n) is 4.07. The van der Waals surface area contributed by atoms with Gasteiger partial charge in [-0.05, 0) is 37.1 Å². The first-order chi connectivity index (χ1) is 15.3. The summed E-state index contributed by atoms with van der Waals surface area (Å²) in [4.78, 5) is 39.3. The number of carbonyl (C=O) groups is 3. The molecule has 4 rings (SSSR count). The summed E-state index contributed by atoms with van der Waals surface area (Å²) in [7, 11) is 0. The minimum Gasteiger partial charge on any atom is -0.344 e. The largest absolute Gasteiger partial charge is 0.344 e. The number of Topliss-reactive ketones (excluding diaryl/α,β-unsaturated/α-hetero) is 1. The van der Waals surface area contributed by atoms with Crippen molar-refractivity contribution >= 4 is 29.3 Å². The second-order valence-corrected chi connectivity index (χ2v) is 8.41. The summed E-state index contributed by atoms with van der Waals surface area (Å²) in [6, 6.07) is 17.7. The maximum atomic E-state index is 13.0. The third-order valence-corrected chi connectivity index (χ3v) is 6.22. The molecule has 0 radical (unpaired) electrons. The van der Waals surface area contributed by atoms with Crippen LogP contribution >= 0.6 is 11.6 Å². The molecule has 1 fully saturated rings. The minimum absolute atomic E-state index is 0.271. The summed E-state index contributed by atoms with van der Waals surface area (Å²) >= 11 is 6.30. The van der Waals surface area contributed by atoms with E-state index in [1.54, 1.807) is 6.07 Å². The molecule has 0 saturated carbocycles. The number of aromatic nitrogens is 1. The van der Waals surface area contributed by atoms with Crippen molar-refractivity contribution in [2.24, 2.45) is 0 Å². The maximum absolute atomic E-state index is 13.0. The highest BCUT2D eigenvalue weighted by molar-refractivity contribution is 6.31. The van der Waals surface area contributed by atoms with Crippen molar-refractivity contribution < 1.29 is 14.4 Å². The van der Waals surface area contributed by atoms with E-state index in [9.17, 15) is 14.4 Å². The Kier molecular flexibility index (Phi) is 6.15. The third-order valence-electron chi connectivity index (χ3n) is 5.85. The summed E-state index contributed by atoms with van der Waals surface area (Å²) in [6.07, 6.45) is 0.391. The zero-order valence-corrected chi connectivity index (χ0v) is 18.7. The van der Waals surface area contributed by atoms with Crippen molar-refractivity contribution in [2.45, 2.75) is 32.9 Å². The summed E-state index contributed by atoms with van der Waals surface area (Å²) in [5, 5.41) is 3.36. The highest BCUT2D eigenvalue weighted by atomic mass is 35.5. The average molecular weight is 450 g/mol. The van der Waals surface area contributed by atoms with E-state index >= 15 is 0 Å². The number of amides is 3. The van der Waals surface area contributed by atoms with Gasteiger partial charge < -0.3 is 9.88 Å². The minimum atomic E-state index is -0.662. The molecule has 6 nitrogen and oxygen atoms in total. The SMILES string of the molecule is Cc1cc(C(=O)CN2C(=O)NC(Cc3ccccc3)C2=O)c(C)n1Cc1ccccc1Cl. The lowest BCUT2D eigenvalue weighted by Crippen LogP contribution is -2.36. The first-order valence-electron chi connectivity index (χ1n) is 10.4. The van der Waals surface area contributed by atoms with Gasteiger partial charge in [-0.3, -0.25) is 14.5 Å². The summed E-state index contributed by atoms with van der Waals surface area (Å²) in [5.74, 6) is -0.649. The van der Waals surface area contributed by atoms with Crippen LogP contribution in [0.2, 0.25) is 5.02 Å². The molecule has 0 bridgehead atoms. The van der Waals surface area contributed by atoms with Crippen LogP contribution in [0.25, 0.3) is 0 Å². The van der Waals surface area contributed by atoms with Crippen LogP contribution < -0.4 is 5.32 Å². The number of rotatable bonds is 7. The van der Waals surface area contributed by atoms with Gasteiger partial charge in [-0.1, -0.05) is 60.1 Å². The van der Waals surface area contributed by atoms with Crippen LogP contribution in [0.3, 0.4) is 0 Å². The lowest BCUT2D eigenvalue weighted by atomic mass is 10.1. The smallest absolute Gasteiger partial charge is 0.325 e. The molecule has 7 heteroatoms. The number of carbonyl (C=O) groups excluding carboxylic acids is 3. The predicted molar refractivity (Wildman–Crippen MR) is 123 cm³/mol. The van der Waals surface area contributed by atoms with Crippen molar-refractivity contribution in [1.29, 1.82) is 0 Å². The topological polar surface area (TPSA) is 71.4 Å². The van der Waals surface area contributed by atoms with E-state index in [0.717, 1.165) is 27.4 Å². The molecule has 2 aromatic carbocycles. The Morgan fingerprint density at radius 1 is 1.03 bits per heavy atom. The number of urea groups is 1. The normalized spacial score (nSPS) is 15.8. The Bertz CT molecular complexity index is 1190. The van der Waals surface area contributed by atoms with Gasteiger partial charge in [-0.15, -0.1) is 0 Å². The molecule has 1 unspecified atom stereocenters. The van der Waals surface area contributed by atoms with Gasteiger partial charge in [0.25, 0.3) is 5.91 Å². The van der Waals surface area contributed by atoms with Gasteiger partial charge >= 0.3 is 6.03 Å². The Hall–Kier alpha value is -3.38. The average Bonchev–Trinajstić information content (AvgIpc) is 3.20. The fraction of sp³-hybridized carbons (Fsp3) is 0.240. The summed E-state index contributed by atoms with van der Waals surface area (Å²) < 4.78 is 2.01. The molecule has 0 spiro atoms. The Morgan fingerprint density at radius 3 is 2.44 bits per heavy atom. The zero-order valence-electron chi connectivity index (χ0n) is 18.0. The van der Waals surface area contributed by atoms with Crippen molar-refractivity contribution in [1.82, 2.24) is 14.8 Å². The first-order valence-corrected chi connectivity index (χ1v) is 10.8. The molecule has 1 saturated heterocycles. The van der Waals surface area contributed by atoms with E-state index < -0.39 is 12.1 Å². The van der Waals surface area contributed by atoms with Crippen molar-refractivity contribution in [3.63, 3.8) is 0 Å². The van der Waals surface area contributed by atoms with Gasteiger partial charge in [0, 0.05) is 34.9 Å². The van der Waals surface area contributed by atoms with Crippen molar-refractivity contribution in [3.8, 4) is 0 Å². The lowest BCUT2D eigenvalue weighted by molar-refractivity contribution is -0.127. The molecule has 3 amide bonds. The van der Waals surface area contributed by atoms with E-state index in [4.69, 9.17) is 11.6 Å². The molecule has 1 atom stereocenters. The highest BCUT2D eigenvalue weighted by Gasteiger charge is 2.39. The van der Waals surface area contributed by atoms with Crippen LogP contribution in [0, 0.1) is 13.8 Å². The standard InChI is InChI=1S/C25H24ClN3O3/c1-16-12-20(17(2)28(16)14-19-10-6-7-11-21(19)26)23(30)15-29-24(31)22(27-25(29)32)13-18-8-4-3-5-9-18/h3-12,22H,13-15H2,1-2H3,(H,27,32). The van der Waals surface area contributed by atoms with Gasteiger partial charge in [0.05, 0.1) is 6.54 Å². The molecule has 0 aliphatic carbocycles. The first kappa shape index (κ1) is 21.8. The van der Waals surface area contributed by atoms with Crippen LogP contribution in [-0.4, -0.2) is 39.8 Å². The van der Waals surface area contributed by atoms with Crippen LogP contribution in [-0.2, 0) is 17.8 Å². The molecule has 3 aromatic rings. The Morgan fingerprint density at radius 2 is 1.72 bits per heavy atom. The Balaban J connectivity index is 1.49. The van der Waals surface area contributed by atoms with Gasteiger partial charge in [0.15, 0.2) is 5.78 Å². The monoisotopic (exact) mass is 449 g/mol. The molecule has 1 aromatic heterocycles. The molecule has 164 valence electrons. The number of hydrogen-bond acceptors (Lipinski definition) is 3. The summed E-state index contributed by atoms with van der Waals surface area (Å²) in [5.41, 5.74) is 4.09. The number of ketones is 1. The second kappa shape index (κ2) is 9.01. The van der Waals surface area contributed by atoms with Gasteiger partial charge in [-0.25, -0.2) is 4.79 Å². The van der Waals surface area contributed by atoms with E-state index in [2.05, 4.69) is 5.32 Å². The van der Waals surface area contributed by atoms with Gasteiger partial charge in [0.2, 0.25) is 0 Å². The lowest BCUT2D eigenvalue weighted by Gasteiger charge is -2.13. The molecule has 2 heterocycles. The molecule has 1 aliphatic rings. The third kappa shape index (κ3) is 4.32. The fourth-order valence-corrected chi connectivity index (χ4v) is 4.26. The number of imide groups is 1. The van der Waals surface area contributed by atoms with Gasteiger partial charge in [-0.2, -0.15) is 0 Å². The number of halogens is 1. The quantitative estimate of drug-likeness (QED) is 0.435. The van der Waals surface area contributed by atoms with Crippen LogP contribution in [0.5, 0.6) is 0 Å². The predicted octanol–water partition coefficient (Wildman–Crippen LogP) is 4.15. The molecular formula is C25H24ClN3O3. The van der Waals surface area contributed by atoms with Crippen molar-refractivity contribution in [3.05, 3.63) is 93.8 Å². The maximum Gasteiger partial charge on any atom is 0.325 e. The molecule has 1 N–H and O–H groups in total. The van der Waals surface area contributed by atoms with E-state index in [0.29, 0.717) is 23.6 Å². The van der Waals surface area contributed by atoms with Crippen LogP contribution in [0.15, 0.2) is 60.7 Å². The van der Waals surface area contributed by atoms with E-state index in [1.165, 1.54) is 0 Å². The second-order valence-electron chi connectivity index (χ2n) is 8.00. The van der Waals surface area contributed by atoms with E-state index in [1.807, 2.05) is 73.0 Å².